The lowest BCUT2D eigenvalue weighted by Crippen LogP contribution is -2.54. The molecule has 1 aromatic rings. The fourth-order valence-corrected chi connectivity index (χ4v) is 3.65. The molecule has 3 amide bonds. The van der Waals surface area contributed by atoms with Crippen LogP contribution in [0.4, 0.5) is 4.79 Å². The van der Waals surface area contributed by atoms with Crippen molar-refractivity contribution in [1.29, 1.82) is 0 Å². The third-order valence-electron chi connectivity index (χ3n) is 3.83. The van der Waals surface area contributed by atoms with E-state index < -0.39 is 27.3 Å². The van der Waals surface area contributed by atoms with Crippen molar-refractivity contribution in [1.82, 2.24) is 4.90 Å². The van der Waals surface area contributed by atoms with Crippen molar-refractivity contribution < 1.29 is 26.8 Å². The topological polar surface area (TPSA) is 83.8 Å². The van der Waals surface area contributed by atoms with E-state index >= 15 is 0 Å². The normalized spacial score (nSPS) is 18.8. The lowest BCUT2D eigenvalue weighted by molar-refractivity contribution is -0.399. The predicted octanol–water partition coefficient (Wildman–Crippen LogP) is 1.50. The molecule has 0 fully saturated rings. The standard InChI is InChI=1S/C16H21N2O5S/c1-10(2)12-7-6-11(3)8-13(12)23-24(21,22)14-9-17(4)16(20)18(5)15(14)19/h6-10,14H,1-5H3/q+1. The van der Waals surface area contributed by atoms with Crippen LogP contribution in [0.1, 0.15) is 30.9 Å². The Morgan fingerprint density at radius 2 is 1.88 bits per heavy atom. The summed E-state index contributed by atoms with van der Waals surface area (Å²) < 4.78 is 31.6. The van der Waals surface area contributed by atoms with Crippen LogP contribution in [0, 0.1) is 6.92 Å². The summed E-state index contributed by atoms with van der Waals surface area (Å²) in [6.07, 6.45) is 1.06. The van der Waals surface area contributed by atoms with Gasteiger partial charge >= 0.3 is 22.1 Å². The van der Waals surface area contributed by atoms with E-state index in [1.165, 1.54) is 14.1 Å². The Kier molecular flexibility index (Phi) is 4.80. The minimum atomic E-state index is -4.29. The maximum atomic E-state index is 12.6. The van der Waals surface area contributed by atoms with Gasteiger partial charge in [-0.2, -0.15) is 18.1 Å². The van der Waals surface area contributed by atoms with E-state index in [1.54, 1.807) is 12.1 Å². The predicted molar refractivity (Wildman–Crippen MR) is 89.0 cm³/mol. The zero-order valence-electron chi connectivity index (χ0n) is 14.3. The molecule has 0 saturated heterocycles. The Balaban J connectivity index is 2.45. The third kappa shape index (κ3) is 3.33. The molecule has 0 aliphatic carbocycles. The molecule has 1 unspecified atom stereocenters. The molecular formula is C16H21N2O5S+. The molecule has 1 atom stereocenters. The van der Waals surface area contributed by atoms with E-state index in [0.717, 1.165) is 26.8 Å². The Hall–Kier alpha value is -2.22. The zero-order chi connectivity index (χ0) is 18.2. The number of hydrogen-bond donors (Lipinski definition) is 0. The van der Waals surface area contributed by atoms with Crippen LogP contribution in [-0.2, 0) is 14.9 Å². The van der Waals surface area contributed by atoms with Crippen LogP contribution in [0.5, 0.6) is 5.75 Å². The number of hydrogen-bond acceptors (Lipinski definition) is 5. The molecule has 7 nitrogen and oxygen atoms in total. The molecule has 2 rings (SSSR count). The summed E-state index contributed by atoms with van der Waals surface area (Å²) in [5.41, 5.74) is 1.57. The molecule has 130 valence electrons. The first-order valence-corrected chi connectivity index (χ1v) is 8.95. The summed E-state index contributed by atoms with van der Waals surface area (Å²) in [4.78, 5) is 24.7. The van der Waals surface area contributed by atoms with E-state index in [2.05, 4.69) is 0 Å². The molecular weight excluding hydrogens is 332 g/mol. The first-order valence-electron chi connectivity index (χ1n) is 7.47. The summed E-state index contributed by atoms with van der Waals surface area (Å²) in [5.74, 6) is -0.584. The largest absolute Gasteiger partial charge is 0.500 e. The molecule has 0 N–H and O–H groups in total. The van der Waals surface area contributed by atoms with Crippen LogP contribution in [0.3, 0.4) is 0 Å². The first kappa shape index (κ1) is 18.1. The van der Waals surface area contributed by atoms with Gasteiger partial charge in [-0.25, -0.2) is 9.37 Å². The molecule has 0 saturated carbocycles. The zero-order valence-corrected chi connectivity index (χ0v) is 15.1. The Bertz CT molecular complexity index is 827. The summed E-state index contributed by atoms with van der Waals surface area (Å²) in [7, 11) is -1.66. The maximum Gasteiger partial charge on any atom is 0.500 e. The van der Waals surface area contributed by atoms with Gasteiger partial charge in [-0.1, -0.05) is 26.0 Å². The second kappa shape index (κ2) is 6.35. The smallest absolute Gasteiger partial charge is 0.381 e. The second-order valence-electron chi connectivity index (χ2n) is 6.13. The fraction of sp³-hybridized carbons (Fsp3) is 0.438. The number of amides is 3. The van der Waals surface area contributed by atoms with Crippen molar-refractivity contribution in [3.63, 3.8) is 0 Å². The van der Waals surface area contributed by atoms with E-state index in [-0.39, 0.29) is 11.7 Å². The third-order valence-corrected chi connectivity index (χ3v) is 5.19. The summed E-state index contributed by atoms with van der Waals surface area (Å²) in [6.45, 7) is 5.66. The number of carbonyl (C=O) groups excluding carboxylic acids is 2. The van der Waals surface area contributed by atoms with Crippen molar-refractivity contribution >= 4 is 28.3 Å². The number of nitrogens with zero attached hydrogens (tertiary/aromatic N) is 2. The molecule has 0 aromatic heterocycles. The van der Waals surface area contributed by atoms with Crippen molar-refractivity contribution in [2.45, 2.75) is 31.9 Å². The molecule has 1 aromatic carbocycles. The number of rotatable bonds is 4. The molecule has 1 heterocycles. The van der Waals surface area contributed by atoms with Crippen LogP contribution in [0.15, 0.2) is 18.2 Å². The van der Waals surface area contributed by atoms with Crippen LogP contribution in [0.25, 0.3) is 0 Å². The van der Waals surface area contributed by atoms with Crippen LogP contribution in [0.2, 0.25) is 0 Å². The Morgan fingerprint density at radius 3 is 2.46 bits per heavy atom. The van der Waals surface area contributed by atoms with Crippen molar-refractivity contribution in [3.05, 3.63) is 29.3 Å². The highest BCUT2D eigenvalue weighted by molar-refractivity contribution is 7.89. The number of urea groups is 1. The first-order chi connectivity index (χ1) is 11.0. The summed E-state index contributed by atoms with van der Waals surface area (Å²) in [6, 6.07) is 4.70. The summed E-state index contributed by atoms with van der Waals surface area (Å²) in [5, 5.41) is -1.56. The number of aryl methyl sites for hydroxylation is 1. The number of carbonyl (C=O) groups is 2. The Labute approximate surface area is 141 Å². The molecule has 1 aliphatic rings. The summed E-state index contributed by atoms with van der Waals surface area (Å²) >= 11 is 0. The van der Waals surface area contributed by atoms with Gasteiger partial charge in [0.1, 0.15) is 12.0 Å². The van der Waals surface area contributed by atoms with Gasteiger partial charge in [0.05, 0.1) is 14.1 Å². The van der Waals surface area contributed by atoms with Crippen LogP contribution >= 0.6 is 0 Å². The van der Waals surface area contributed by atoms with E-state index in [9.17, 15) is 18.0 Å². The highest BCUT2D eigenvalue weighted by Gasteiger charge is 2.47. The van der Waals surface area contributed by atoms with Gasteiger partial charge in [0, 0.05) is 0 Å². The fourth-order valence-electron chi connectivity index (χ4n) is 2.42. The van der Waals surface area contributed by atoms with Crippen molar-refractivity contribution in [3.8, 4) is 5.75 Å². The molecule has 0 bridgehead atoms. The molecule has 8 heteroatoms. The average molecular weight is 353 g/mol. The van der Waals surface area contributed by atoms with Gasteiger partial charge in [-0.3, -0.25) is 0 Å². The monoisotopic (exact) mass is 353 g/mol. The van der Waals surface area contributed by atoms with Gasteiger partial charge in [-0.15, -0.1) is 0 Å². The molecule has 24 heavy (non-hydrogen) atoms. The quantitative estimate of drug-likeness (QED) is 0.605. The van der Waals surface area contributed by atoms with Gasteiger partial charge in [0.15, 0.2) is 0 Å². The number of imide groups is 1. The lowest BCUT2D eigenvalue weighted by atomic mass is 10.0. The number of benzene rings is 1. The molecule has 0 radical (unpaired) electrons. The van der Waals surface area contributed by atoms with Gasteiger partial charge in [0.25, 0.3) is 5.25 Å². The second-order valence-corrected chi connectivity index (χ2v) is 7.79. The van der Waals surface area contributed by atoms with Crippen LogP contribution in [-0.4, -0.2) is 55.4 Å². The molecule has 1 aliphatic heterocycles. The van der Waals surface area contributed by atoms with E-state index in [4.69, 9.17) is 4.18 Å². The van der Waals surface area contributed by atoms with E-state index in [1.807, 2.05) is 26.8 Å². The minimum absolute atomic E-state index is 0.0498. The molecule has 0 spiro atoms. The maximum absolute atomic E-state index is 12.6. The van der Waals surface area contributed by atoms with Crippen molar-refractivity contribution in [2.24, 2.45) is 0 Å². The highest BCUT2D eigenvalue weighted by Crippen LogP contribution is 2.29. The van der Waals surface area contributed by atoms with E-state index in [0.29, 0.717) is 0 Å². The van der Waals surface area contributed by atoms with Crippen molar-refractivity contribution in [2.75, 3.05) is 14.1 Å². The Morgan fingerprint density at radius 1 is 1.25 bits per heavy atom. The van der Waals surface area contributed by atoms with Gasteiger partial charge in [0.2, 0.25) is 0 Å². The van der Waals surface area contributed by atoms with Crippen LogP contribution < -0.4 is 4.18 Å². The van der Waals surface area contributed by atoms with Gasteiger partial charge in [-0.05, 0) is 30.0 Å². The average Bonchev–Trinajstić information content (AvgIpc) is 2.48. The SMILES string of the molecule is Cc1ccc(C(C)C)c(OS(=O)(=O)C2C=[N+](C)C(=O)N(C)C2=O)c1. The minimum Gasteiger partial charge on any atom is -0.381 e. The highest BCUT2D eigenvalue weighted by atomic mass is 32.2. The van der Waals surface area contributed by atoms with Gasteiger partial charge < -0.3 is 4.18 Å². The lowest BCUT2D eigenvalue weighted by Gasteiger charge is -2.20.